The van der Waals surface area contributed by atoms with Gasteiger partial charge in [-0.15, -0.1) is 0 Å². The van der Waals surface area contributed by atoms with Gasteiger partial charge in [0.05, 0.1) is 5.75 Å². The number of hydrogen-bond acceptors (Lipinski definition) is 4. The van der Waals surface area contributed by atoms with E-state index in [-0.39, 0.29) is 0 Å². The minimum atomic E-state index is -3.02. The first-order valence-corrected chi connectivity index (χ1v) is 10.1. The van der Waals surface area contributed by atoms with Gasteiger partial charge in [0.15, 0.2) is 0 Å². The molecule has 0 aliphatic carbocycles. The maximum atomic E-state index is 12.3. The van der Waals surface area contributed by atoms with Crippen molar-refractivity contribution in [2.45, 2.75) is 39.0 Å². The number of nitrogens with one attached hydrogen (secondary N) is 1. The fourth-order valence-electron chi connectivity index (χ4n) is 3.34. The molecule has 2 heterocycles. The second kappa shape index (κ2) is 8.46. The first-order valence-electron chi connectivity index (χ1n) is 8.52. The van der Waals surface area contributed by atoms with Gasteiger partial charge in [-0.1, -0.05) is 19.8 Å². The Morgan fingerprint density at radius 1 is 1.05 bits per heavy atom. The highest BCUT2D eigenvalue weighted by atomic mass is 32.2. The van der Waals surface area contributed by atoms with E-state index < -0.39 is 10.0 Å². The summed E-state index contributed by atoms with van der Waals surface area (Å²) in [6, 6.07) is 0. The fourth-order valence-corrected chi connectivity index (χ4v) is 4.89. The highest BCUT2D eigenvalue weighted by molar-refractivity contribution is 7.89. The van der Waals surface area contributed by atoms with Crippen LogP contribution in [0.2, 0.25) is 0 Å². The molecule has 0 amide bonds. The Morgan fingerprint density at radius 3 is 2.33 bits per heavy atom. The molecule has 1 N–H and O–H groups in total. The molecule has 0 saturated carbocycles. The summed E-state index contributed by atoms with van der Waals surface area (Å²) in [4.78, 5) is 2.31. The lowest BCUT2D eigenvalue weighted by atomic mass is 9.93. The summed E-state index contributed by atoms with van der Waals surface area (Å²) < 4.78 is 26.4. The summed E-state index contributed by atoms with van der Waals surface area (Å²) in [5, 5.41) is 3.37. The average molecular weight is 317 g/mol. The first kappa shape index (κ1) is 17.2. The molecule has 0 radical (unpaired) electrons. The monoisotopic (exact) mass is 317 g/mol. The molecule has 2 saturated heterocycles. The SMILES string of the molecule is CCN1CCN(S(=O)(=O)CCCCC2CCNCC2)CC1. The summed E-state index contributed by atoms with van der Waals surface area (Å²) in [5.74, 6) is 1.14. The van der Waals surface area contributed by atoms with E-state index in [1.165, 1.54) is 19.3 Å². The molecule has 0 bridgehead atoms. The van der Waals surface area contributed by atoms with Gasteiger partial charge < -0.3 is 10.2 Å². The summed E-state index contributed by atoms with van der Waals surface area (Å²) in [5.41, 5.74) is 0. The number of sulfonamides is 1. The van der Waals surface area contributed by atoms with E-state index in [2.05, 4.69) is 17.1 Å². The van der Waals surface area contributed by atoms with E-state index >= 15 is 0 Å². The van der Waals surface area contributed by atoms with Crippen LogP contribution < -0.4 is 5.32 Å². The van der Waals surface area contributed by atoms with Crippen LogP contribution >= 0.6 is 0 Å². The van der Waals surface area contributed by atoms with E-state index in [1.807, 2.05) is 0 Å². The zero-order valence-electron chi connectivity index (χ0n) is 13.4. The molecule has 0 aromatic heterocycles. The van der Waals surface area contributed by atoms with Crippen molar-refractivity contribution < 1.29 is 8.42 Å². The summed E-state index contributed by atoms with van der Waals surface area (Å²) >= 11 is 0. The maximum absolute atomic E-state index is 12.3. The van der Waals surface area contributed by atoms with Gasteiger partial charge in [0.2, 0.25) is 10.0 Å². The number of unbranched alkanes of at least 4 members (excludes halogenated alkanes) is 1. The molecule has 5 nitrogen and oxygen atoms in total. The average Bonchev–Trinajstić information content (AvgIpc) is 2.53. The predicted molar refractivity (Wildman–Crippen MR) is 86.9 cm³/mol. The van der Waals surface area contributed by atoms with Gasteiger partial charge in [-0.3, -0.25) is 0 Å². The Morgan fingerprint density at radius 2 is 1.71 bits per heavy atom. The molecule has 2 aliphatic rings. The van der Waals surface area contributed by atoms with Crippen molar-refractivity contribution in [3.8, 4) is 0 Å². The third-order valence-electron chi connectivity index (χ3n) is 4.90. The van der Waals surface area contributed by atoms with Crippen LogP contribution in [0.15, 0.2) is 0 Å². The molecule has 2 rings (SSSR count). The van der Waals surface area contributed by atoms with Crippen molar-refractivity contribution in [3.05, 3.63) is 0 Å². The fraction of sp³-hybridized carbons (Fsp3) is 1.00. The van der Waals surface area contributed by atoms with E-state index in [9.17, 15) is 8.42 Å². The topological polar surface area (TPSA) is 52.7 Å². The quantitative estimate of drug-likeness (QED) is 0.715. The Balaban J connectivity index is 1.64. The highest BCUT2D eigenvalue weighted by Crippen LogP contribution is 2.19. The van der Waals surface area contributed by atoms with Gasteiger partial charge in [0.25, 0.3) is 0 Å². The van der Waals surface area contributed by atoms with Crippen molar-refractivity contribution >= 4 is 10.0 Å². The second-order valence-electron chi connectivity index (χ2n) is 6.34. The maximum Gasteiger partial charge on any atom is 0.214 e. The number of nitrogens with zero attached hydrogens (tertiary/aromatic N) is 2. The molecule has 0 spiro atoms. The van der Waals surface area contributed by atoms with E-state index in [0.29, 0.717) is 18.8 Å². The zero-order chi connectivity index (χ0) is 15.1. The molecule has 0 aromatic carbocycles. The third kappa shape index (κ3) is 5.51. The normalized spacial score (nSPS) is 23.5. The smallest absolute Gasteiger partial charge is 0.214 e. The minimum absolute atomic E-state index is 0.337. The Labute approximate surface area is 130 Å². The Hall–Kier alpha value is -0.170. The largest absolute Gasteiger partial charge is 0.317 e. The van der Waals surface area contributed by atoms with Crippen LogP contribution in [0, 0.1) is 5.92 Å². The van der Waals surface area contributed by atoms with Crippen LogP contribution in [-0.4, -0.2) is 69.2 Å². The van der Waals surface area contributed by atoms with Crippen LogP contribution in [0.5, 0.6) is 0 Å². The van der Waals surface area contributed by atoms with Crippen molar-refractivity contribution in [1.82, 2.24) is 14.5 Å². The van der Waals surface area contributed by atoms with E-state index in [0.717, 1.165) is 51.5 Å². The third-order valence-corrected chi connectivity index (χ3v) is 6.85. The van der Waals surface area contributed by atoms with Gasteiger partial charge in [0.1, 0.15) is 0 Å². The van der Waals surface area contributed by atoms with Crippen LogP contribution in [-0.2, 0) is 10.0 Å². The second-order valence-corrected chi connectivity index (χ2v) is 8.43. The summed E-state index contributed by atoms with van der Waals surface area (Å²) in [7, 11) is -3.02. The lowest BCUT2D eigenvalue weighted by Gasteiger charge is -2.33. The van der Waals surface area contributed by atoms with Crippen LogP contribution in [0.3, 0.4) is 0 Å². The van der Waals surface area contributed by atoms with Gasteiger partial charge in [-0.25, -0.2) is 8.42 Å². The molecule has 0 atom stereocenters. The van der Waals surface area contributed by atoms with Crippen molar-refractivity contribution in [1.29, 1.82) is 0 Å². The number of rotatable bonds is 7. The number of likely N-dealkylation sites (N-methyl/N-ethyl adjacent to an activating group) is 1. The first-order chi connectivity index (χ1) is 10.1. The Bertz CT molecular complexity index is 386. The number of hydrogen-bond donors (Lipinski definition) is 1. The van der Waals surface area contributed by atoms with Crippen LogP contribution in [0.4, 0.5) is 0 Å². The van der Waals surface area contributed by atoms with Crippen molar-refractivity contribution in [2.24, 2.45) is 5.92 Å². The molecule has 2 aliphatic heterocycles. The van der Waals surface area contributed by atoms with Crippen molar-refractivity contribution in [2.75, 3.05) is 51.6 Å². The predicted octanol–water partition coefficient (Wildman–Crippen LogP) is 1.12. The number of piperazine rings is 1. The summed E-state index contributed by atoms with van der Waals surface area (Å²) in [6.07, 6.45) is 5.58. The van der Waals surface area contributed by atoms with Gasteiger partial charge in [-0.2, -0.15) is 4.31 Å². The van der Waals surface area contributed by atoms with Gasteiger partial charge in [-0.05, 0) is 44.8 Å². The van der Waals surface area contributed by atoms with E-state index in [4.69, 9.17) is 0 Å². The Kier molecular flexibility index (Phi) is 6.92. The molecule has 124 valence electrons. The number of piperidine rings is 1. The lowest BCUT2D eigenvalue weighted by molar-refractivity contribution is 0.196. The molecule has 6 heteroatoms. The molecular formula is C15H31N3O2S. The lowest BCUT2D eigenvalue weighted by Crippen LogP contribution is -2.49. The summed E-state index contributed by atoms with van der Waals surface area (Å²) in [6.45, 7) is 8.51. The standard InChI is InChI=1S/C15H31N3O2S/c1-2-17-10-12-18(13-11-17)21(19,20)14-4-3-5-15-6-8-16-9-7-15/h15-16H,2-14H2,1H3. The molecule has 2 fully saturated rings. The van der Waals surface area contributed by atoms with E-state index in [1.54, 1.807) is 4.31 Å². The molecule has 0 aromatic rings. The molecule has 21 heavy (non-hydrogen) atoms. The van der Waals surface area contributed by atoms with Crippen LogP contribution in [0.1, 0.15) is 39.0 Å². The minimum Gasteiger partial charge on any atom is -0.317 e. The molecular weight excluding hydrogens is 286 g/mol. The van der Waals surface area contributed by atoms with Crippen molar-refractivity contribution in [3.63, 3.8) is 0 Å². The van der Waals surface area contributed by atoms with Gasteiger partial charge >= 0.3 is 0 Å². The molecule has 0 unspecified atom stereocenters. The van der Waals surface area contributed by atoms with Gasteiger partial charge in [0, 0.05) is 26.2 Å². The highest BCUT2D eigenvalue weighted by Gasteiger charge is 2.25. The van der Waals surface area contributed by atoms with Crippen LogP contribution in [0.25, 0.3) is 0 Å². The zero-order valence-corrected chi connectivity index (χ0v) is 14.2.